The zero-order valence-corrected chi connectivity index (χ0v) is 13.5. The fourth-order valence-corrected chi connectivity index (χ4v) is 3.32. The van der Waals surface area contributed by atoms with Crippen molar-refractivity contribution in [1.29, 1.82) is 10.5 Å². The topological polar surface area (TPSA) is 84.9 Å². The van der Waals surface area contributed by atoms with Crippen LogP contribution in [-0.4, -0.2) is 11.1 Å². The fourth-order valence-electron chi connectivity index (χ4n) is 3.32. The maximum atomic E-state index is 10.8. The minimum atomic E-state index is -0.859. The first kappa shape index (κ1) is 16.5. The predicted octanol–water partition coefficient (Wildman–Crippen LogP) is 3.70. The summed E-state index contributed by atoms with van der Waals surface area (Å²) >= 11 is 0. The number of carbonyl (C=O) groups is 1. The van der Waals surface area contributed by atoms with Crippen molar-refractivity contribution in [3.63, 3.8) is 0 Å². The van der Waals surface area contributed by atoms with Crippen LogP contribution in [0.15, 0.2) is 54.6 Å². The molecule has 0 amide bonds. The molecule has 0 heterocycles. The lowest BCUT2D eigenvalue weighted by molar-refractivity contribution is -0.136. The molecule has 0 spiro atoms. The Kier molecular flexibility index (Phi) is 4.64. The van der Waals surface area contributed by atoms with Gasteiger partial charge in [-0.15, -0.1) is 0 Å². The van der Waals surface area contributed by atoms with E-state index in [1.54, 1.807) is 12.1 Å². The zero-order valence-electron chi connectivity index (χ0n) is 13.5. The van der Waals surface area contributed by atoms with Crippen LogP contribution in [0.3, 0.4) is 0 Å². The van der Waals surface area contributed by atoms with Crippen LogP contribution in [0.1, 0.15) is 28.2 Å². The molecule has 0 radical (unpaired) electrons. The van der Waals surface area contributed by atoms with E-state index in [4.69, 9.17) is 5.11 Å². The highest BCUT2D eigenvalue weighted by Gasteiger charge is 2.29. The molecule has 0 bridgehead atoms. The van der Waals surface area contributed by atoms with Gasteiger partial charge in [0.15, 0.2) is 0 Å². The number of rotatable bonds is 4. The number of hydrogen-bond donors (Lipinski definition) is 1. The molecule has 0 aromatic heterocycles. The molecule has 1 N–H and O–H groups in total. The monoisotopic (exact) mass is 328 g/mol. The standard InChI is InChI=1S/C21H16N2O2/c22-12-17-11-16(20(13-23)19-4-2-1-3-18(17)19)9-14-5-7-15(8-6-14)10-21(24)25/h1-8,11,16,20H,9-10H2,(H,24,25)/t16-,20-/m0/s1. The van der Waals surface area contributed by atoms with Gasteiger partial charge in [0, 0.05) is 5.92 Å². The van der Waals surface area contributed by atoms with Gasteiger partial charge in [-0.05, 0) is 28.7 Å². The van der Waals surface area contributed by atoms with Crippen molar-refractivity contribution in [2.75, 3.05) is 0 Å². The average Bonchev–Trinajstić information content (AvgIpc) is 2.62. The highest BCUT2D eigenvalue weighted by atomic mass is 16.4. The SMILES string of the molecule is N#CC1=C[C@H](Cc2ccc(CC(=O)O)cc2)[C@H](C#N)c2ccccc21. The smallest absolute Gasteiger partial charge is 0.307 e. The molecule has 2 aromatic carbocycles. The summed E-state index contributed by atoms with van der Waals surface area (Å²) in [4.78, 5) is 10.8. The first-order valence-corrected chi connectivity index (χ1v) is 8.03. The van der Waals surface area contributed by atoms with Crippen LogP contribution >= 0.6 is 0 Å². The third kappa shape index (κ3) is 3.44. The van der Waals surface area contributed by atoms with Crippen LogP contribution in [0.25, 0.3) is 5.57 Å². The van der Waals surface area contributed by atoms with Gasteiger partial charge in [0.2, 0.25) is 0 Å². The molecule has 0 saturated carbocycles. The average molecular weight is 328 g/mol. The van der Waals surface area contributed by atoms with E-state index in [2.05, 4.69) is 12.1 Å². The Morgan fingerprint density at radius 3 is 2.36 bits per heavy atom. The number of fused-ring (bicyclic) bond motifs is 1. The Hall–Kier alpha value is -3.37. The zero-order chi connectivity index (χ0) is 17.8. The van der Waals surface area contributed by atoms with Gasteiger partial charge in [-0.1, -0.05) is 54.6 Å². The molecule has 0 aliphatic heterocycles. The second-order valence-electron chi connectivity index (χ2n) is 6.14. The minimum absolute atomic E-state index is 0.00358. The van der Waals surface area contributed by atoms with E-state index in [0.717, 1.165) is 22.3 Å². The van der Waals surface area contributed by atoms with E-state index < -0.39 is 5.97 Å². The van der Waals surface area contributed by atoms with E-state index in [9.17, 15) is 15.3 Å². The second-order valence-corrected chi connectivity index (χ2v) is 6.14. The Bertz CT molecular complexity index is 914. The lowest BCUT2D eigenvalue weighted by atomic mass is 9.75. The summed E-state index contributed by atoms with van der Waals surface area (Å²) in [5.74, 6) is -1.24. The van der Waals surface area contributed by atoms with Crippen molar-refractivity contribution in [2.24, 2.45) is 5.92 Å². The van der Waals surface area contributed by atoms with Crippen molar-refractivity contribution in [3.8, 4) is 12.1 Å². The number of carboxylic acid groups (broad SMARTS) is 1. The van der Waals surface area contributed by atoms with Gasteiger partial charge in [0.1, 0.15) is 0 Å². The van der Waals surface area contributed by atoms with Crippen LogP contribution < -0.4 is 0 Å². The maximum absolute atomic E-state index is 10.8. The molecule has 1 aliphatic rings. The Balaban J connectivity index is 1.88. The third-order valence-corrected chi connectivity index (χ3v) is 4.50. The molecular formula is C21H16N2O2. The molecule has 2 aromatic rings. The number of carboxylic acids is 1. The van der Waals surface area contributed by atoms with Crippen molar-refractivity contribution in [1.82, 2.24) is 0 Å². The molecule has 1 aliphatic carbocycles. The number of benzene rings is 2. The van der Waals surface area contributed by atoms with Gasteiger partial charge in [0.25, 0.3) is 0 Å². The Morgan fingerprint density at radius 1 is 1.04 bits per heavy atom. The molecule has 4 heteroatoms. The quantitative estimate of drug-likeness (QED) is 0.927. The summed E-state index contributed by atoms with van der Waals surface area (Å²) in [6.45, 7) is 0. The summed E-state index contributed by atoms with van der Waals surface area (Å²) < 4.78 is 0. The lowest BCUT2D eigenvalue weighted by Crippen LogP contribution is -2.18. The summed E-state index contributed by atoms with van der Waals surface area (Å²) in [6, 6.07) is 19.6. The summed E-state index contributed by atoms with van der Waals surface area (Å²) in [6.07, 6.45) is 2.52. The van der Waals surface area contributed by atoms with Crippen molar-refractivity contribution < 1.29 is 9.90 Å². The number of nitriles is 2. The van der Waals surface area contributed by atoms with Crippen LogP contribution in [0.2, 0.25) is 0 Å². The number of allylic oxidation sites excluding steroid dienone is 2. The van der Waals surface area contributed by atoms with Crippen LogP contribution in [-0.2, 0) is 17.6 Å². The van der Waals surface area contributed by atoms with E-state index in [1.165, 1.54) is 0 Å². The second kappa shape index (κ2) is 7.03. The number of nitrogens with zero attached hydrogens (tertiary/aromatic N) is 2. The van der Waals surface area contributed by atoms with E-state index >= 15 is 0 Å². The van der Waals surface area contributed by atoms with Crippen LogP contribution in [0.4, 0.5) is 0 Å². The third-order valence-electron chi connectivity index (χ3n) is 4.50. The molecule has 122 valence electrons. The normalized spacial score (nSPS) is 18.4. The molecule has 25 heavy (non-hydrogen) atoms. The molecule has 0 unspecified atom stereocenters. The summed E-state index contributed by atoms with van der Waals surface area (Å²) in [5.41, 5.74) is 4.11. The molecule has 3 rings (SSSR count). The van der Waals surface area contributed by atoms with Crippen molar-refractivity contribution in [3.05, 3.63) is 76.9 Å². The Labute approximate surface area is 146 Å². The first-order valence-electron chi connectivity index (χ1n) is 8.03. The summed E-state index contributed by atoms with van der Waals surface area (Å²) in [7, 11) is 0. The fraction of sp³-hybridized carbons (Fsp3) is 0.190. The first-order chi connectivity index (χ1) is 12.1. The van der Waals surface area contributed by atoms with Gasteiger partial charge in [-0.25, -0.2) is 0 Å². The molecule has 0 saturated heterocycles. The van der Waals surface area contributed by atoms with Crippen molar-refractivity contribution in [2.45, 2.75) is 18.8 Å². The maximum Gasteiger partial charge on any atom is 0.307 e. The number of hydrogen-bond acceptors (Lipinski definition) is 3. The van der Waals surface area contributed by atoms with E-state index in [1.807, 2.05) is 42.5 Å². The Morgan fingerprint density at radius 2 is 1.72 bits per heavy atom. The van der Waals surface area contributed by atoms with Gasteiger partial charge in [-0.3, -0.25) is 4.79 Å². The van der Waals surface area contributed by atoms with Gasteiger partial charge < -0.3 is 5.11 Å². The van der Waals surface area contributed by atoms with E-state index in [-0.39, 0.29) is 18.3 Å². The van der Waals surface area contributed by atoms with Gasteiger partial charge in [-0.2, -0.15) is 10.5 Å². The van der Waals surface area contributed by atoms with Gasteiger partial charge >= 0.3 is 5.97 Å². The highest BCUT2D eigenvalue weighted by Crippen LogP contribution is 2.39. The molecule has 0 fully saturated rings. The molecule has 4 nitrogen and oxygen atoms in total. The van der Waals surface area contributed by atoms with Crippen LogP contribution in [0, 0.1) is 28.6 Å². The number of aliphatic carboxylic acids is 1. The van der Waals surface area contributed by atoms with E-state index in [0.29, 0.717) is 12.0 Å². The summed E-state index contributed by atoms with van der Waals surface area (Å²) in [5, 5.41) is 27.9. The predicted molar refractivity (Wildman–Crippen MR) is 93.4 cm³/mol. The van der Waals surface area contributed by atoms with Crippen molar-refractivity contribution >= 4 is 11.5 Å². The molecule has 2 atom stereocenters. The van der Waals surface area contributed by atoms with Crippen LogP contribution in [0.5, 0.6) is 0 Å². The molecular weight excluding hydrogens is 312 g/mol. The largest absolute Gasteiger partial charge is 0.481 e. The highest BCUT2D eigenvalue weighted by molar-refractivity contribution is 5.81. The minimum Gasteiger partial charge on any atom is -0.481 e. The van der Waals surface area contributed by atoms with Gasteiger partial charge in [0.05, 0.1) is 30.1 Å². The lowest BCUT2D eigenvalue weighted by Gasteiger charge is -2.26.